The number of nitrogens with zero attached hydrogens (tertiary/aromatic N) is 3. The number of carboxylic acids is 1. The molecule has 7 heteroatoms. The highest BCUT2D eigenvalue weighted by Gasteiger charge is 2.21. The summed E-state index contributed by atoms with van der Waals surface area (Å²) in [4.78, 5) is 24.4. The van der Waals surface area contributed by atoms with Crippen molar-refractivity contribution in [1.29, 1.82) is 5.26 Å². The van der Waals surface area contributed by atoms with Gasteiger partial charge in [0.15, 0.2) is 5.69 Å². The van der Waals surface area contributed by atoms with Crippen molar-refractivity contribution < 1.29 is 14.3 Å². The zero-order valence-corrected chi connectivity index (χ0v) is 14.8. The van der Waals surface area contributed by atoms with Crippen LogP contribution in [0, 0.1) is 24.1 Å². The van der Waals surface area contributed by atoms with Crippen molar-refractivity contribution in [1.82, 2.24) is 9.78 Å². The number of rotatable bonds is 4. The third-order valence-corrected chi connectivity index (χ3v) is 4.04. The van der Waals surface area contributed by atoms with Crippen LogP contribution in [-0.2, 0) is 0 Å². The molecular formula is C21H14FN3O3. The van der Waals surface area contributed by atoms with Crippen molar-refractivity contribution in [3.8, 4) is 11.8 Å². The van der Waals surface area contributed by atoms with Gasteiger partial charge < -0.3 is 5.11 Å². The van der Waals surface area contributed by atoms with E-state index in [1.165, 1.54) is 18.2 Å². The van der Waals surface area contributed by atoms with Crippen LogP contribution in [-0.4, -0.2) is 20.9 Å². The number of aromatic carboxylic acids is 1. The molecule has 0 atom stereocenters. The van der Waals surface area contributed by atoms with Crippen LogP contribution in [0.5, 0.6) is 0 Å². The first-order valence-corrected chi connectivity index (χ1v) is 8.22. The third-order valence-electron chi connectivity index (χ3n) is 4.04. The Hall–Kier alpha value is -4.05. The predicted molar refractivity (Wildman–Crippen MR) is 102 cm³/mol. The summed E-state index contributed by atoms with van der Waals surface area (Å²) in [5.41, 5.74) is 0.295. The van der Waals surface area contributed by atoms with Crippen molar-refractivity contribution in [2.24, 2.45) is 0 Å². The smallest absolute Gasteiger partial charge is 0.357 e. The fourth-order valence-corrected chi connectivity index (χ4v) is 2.58. The second-order valence-electron chi connectivity index (χ2n) is 5.99. The van der Waals surface area contributed by atoms with Crippen LogP contribution >= 0.6 is 0 Å². The van der Waals surface area contributed by atoms with E-state index in [4.69, 9.17) is 0 Å². The maximum Gasteiger partial charge on any atom is 0.357 e. The molecule has 1 N–H and O–H groups in total. The number of carboxylic acid groups (broad SMARTS) is 1. The molecule has 0 bridgehead atoms. The molecule has 0 aliphatic carbocycles. The molecule has 1 heterocycles. The van der Waals surface area contributed by atoms with Crippen LogP contribution in [0.2, 0.25) is 0 Å². The van der Waals surface area contributed by atoms with E-state index in [1.807, 2.05) is 31.2 Å². The molecule has 0 radical (unpaired) electrons. The van der Waals surface area contributed by atoms with Crippen molar-refractivity contribution in [3.63, 3.8) is 0 Å². The van der Waals surface area contributed by atoms with Crippen molar-refractivity contribution in [2.45, 2.75) is 6.92 Å². The molecule has 138 valence electrons. The van der Waals surface area contributed by atoms with Gasteiger partial charge in [-0.25, -0.2) is 9.18 Å². The lowest BCUT2D eigenvalue weighted by molar-refractivity contribution is 0.0688. The zero-order valence-electron chi connectivity index (χ0n) is 14.8. The Labute approximate surface area is 159 Å². The van der Waals surface area contributed by atoms with E-state index < -0.39 is 23.0 Å². The summed E-state index contributed by atoms with van der Waals surface area (Å²) in [7, 11) is 0. The van der Waals surface area contributed by atoms with Crippen LogP contribution in [0.3, 0.4) is 0 Å². The normalized spacial score (nSPS) is 10.8. The minimum Gasteiger partial charge on any atom is -0.476 e. The number of aryl methyl sites for hydroxylation is 1. The van der Waals surface area contributed by atoms with Gasteiger partial charge in [0, 0.05) is 5.56 Å². The lowest BCUT2D eigenvalue weighted by Crippen LogP contribution is -2.28. The predicted octanol–water partition coefficient (Wildman–Crippen LogP) is 3.42. The van der Waals surface area contributed by atoms with Gasteiger partial charge in [0.25, 0.3) is 5.56 Å². The molecule has 0 saturated heterocycles. The molecule has 6 nitrogen and oxygen atoms in total. The van der Waals surface area contributed by atoms with Gasteiger partial charge >= 0.3 is 5.97 Å². The highest BCUT2D eigenvalue weighted by Crippen LogP contribution is 2.16. The summed E-state index contributed by atoms with van der Waals surface area (Å²) in [6, 6.07) is 14.0. The van der Waals surface area contributed by atoms with Crippen LogP contribution in [0.4, 0.5) is 4.39 Å². The summed E-state index contributed by atoms with van der Waals surface area (Å²) in [5, 5.41) is 22.9. The van der Waals surface area contributed by atoms with Crippen LogP contribution < -0.4 is 5.56 Å². The Morgan fingerprint density at radius 3 is 2.36 bits per heavy atom. The van der Waals surface area contributed by atoms with E-state index in [0.717, 1.165) is 27.9 Å². The average Bonchev–Trinajstić information content (AvgIpc) is 2.68. The fraction of sp³-hybridized carbons (Fsp3) is 0.0476. The lowest BCUT2D eigenvalue weighted by Gasteiger charge is -2.09. The standard InChI is InChI=1S/C21H14FN3O3/c1-13-2-4-14(5-3-13)6-11-17-18(12-23)20(26)25(24-19(17)21(27)28)16-9-7-15(22)8-10-16/h2-11H,1H3,(H,27,28)/b11-6-. The minimum atomic E-state index is -1.39. The molecule has 0 aliphatic rings. The molecule has 0 aliphatic heterocycles. The van der Waals surface area contributed by atoms with Gasteiger partial charge in [0.05, 0.1) is 5.69 Å². The Kier molecular flexibility index (Phi) is 5.14. The van der Waals surface area contributed by atoms with Crippen LogP contribution in [0.1, 0.15) is 32.7 Å². The van der Waals surface area contributed by atoms with Gasteiger partial charge in [-0.15, -0.1) is 0 Å². The third kappa shape index (κ3) is 3.71. The molecule has 0 amide bonds. The number of hydrogen-bond donors (Lipinski definition) is 1. The number of benzene rings is 2. The molecular weight excluding hydrogens is 361 g/mol. The second-order valence-corrected chi connectivity index (χ2v) is 5.99. The van der Waals surface area contributed by atoms with E-state index in [2.05, 4.69) is 5.10 Å². The van der Waals surface area contributed by atoms with E-state index >= 15 is 0 Å². The molecule has 0 fully saturated rings. The molecule has 1 aromatic heterocycles. The van der Waals surface area contributed by atoms with E-state index in [9.17, 15) is 24.3 Å². The van der Waals surface area contributed by atoms with Gasteiger partial charge in [-0.3, -0.25) is 4.79 Å². The number of hydrogen-bond acceptors (Lipinski definition) is 4. The molecule has 0 saturated carbocycles. The summed E-state index contributed by atoms with van der Waals surface area (Å²) < 4.78 is 13.9. The van der Waals surface area contributed by atoms with E-state index in [0.29, 0.717) is 0 Å². The van der Waals surface area contributed by atoms with E-state index in [1.54, 1.807) is 12.1 Å². The molecule has 0 spiro atoms. The summed E-state index contributed by atoms with van der Waals surface area (Å²) in [6.45, 7) is 1.93. The fourth-order valence-electron chi connectivity index (χ4n) is 2.58. The molecule has 2 aromatic carbocycles. The Morgan fingerprint density at radius 2 is 1.79 bits per heavy atom. The topological polar surface area (TPSA) is 96.0 Å². The maximum absolute atomic E-state index is 13.1. The zero-order chi connectivity index (χ0) is 20.3. The van der Waals surface area contributed by atoms with Gasteiger partial charge in [-0.05, 0) is 36.8 Å². The maximum atomic E-state index is 13.1. The van der Waals surface area contributed by atoms with Crippen molar-refractivity contribution >= 4 is 18.1 Å². The van der Waals surface area contributed by atoms with Crippen LogP contribution in [0.15, 0.2) is 53.3 Å². The first-order chi connectivity index (χ1) is 13.4. The number of nitriles is 1. The second kappa shape index (κ2) is 7.68. The Balaban J connectivity index is 2.20. The van der Waals surface area contributed by atoms with Gasteiger partial charge in [-0.2, -0.15) is 15.0 Å². The number of halogens is 1. The minimum absolute atomic E-state index is 0.0843. The largest absolute Gasteiger partial charge is 0.476 e. The summed E-state index contributed by atoms with van der Waals surface area (Å²) in [5.74, 6) is -1.91. The van der Waals surface area contributed by atoms with Crippen molar-refractivity contribution in [3.05, 3.63) is 92.6 Å². The van der Waals surface area contributed by atoms with Gasteiger partial charge in [-0.1, -0.05) is 42.0 Å². The van der Waals surface area contributed by atoms with Crippen LogP contribution in [0.25, 0.3) is 17.8 Å². The van der Waals surface area contributed by atoms with Gasteiger partial charge in [0.2, 0.25) is 0 Å². The summed E-state index contributed by atoms with van der Waals surface area (Å²) in [6.07, 6.45) is 2.99. The number of carbonyl (C=O) groups is 1. The Bertz CT molecular complexity index is 1170. The lowest BCUT2D eigenvalue weighted by atomic mass is 10.1. The van der Waals surface area contributed by atoms with Crippen molar-refractivity contribution in [2.75, 3.05) is 0 Å². The molecule has 3 rings (SSSR count). The average molecular weight is 375 g/mol. The Morgan fingerprint density at radius 1 is 1.14 bits per heavy atom. The monoisotopic (exact) mass is 375 g/mol. The molecule has 0 unspecified atom stereocenters. The first kappa shape index (κ1) is 18.7. The molecule has 3 aromatic rings. The quantitative estimate of drug-likeness (QED) is 0.754. The summed E-state index contributed by atoms with van der Waals surface area (Å²) >= 11 is 0. The molecule has 28 heavy (non-hydrogen) atoms. The highest BCUT2D eigenvalue weighted by atomic mass is 19.1. The highest BCUT2D eigenvalue weighted by molar-refractivity contribution is 5.92. The number of aromatic nitrogens is 2. The van der Waals surface area contributed by atoms with Gasteiger partial charge in [0.1, 0.15) is 17.4 Å². The first-order valence-electron chi connectivity index (χ1n) is 8.22. The SMILES string of the molecule is Cc1ccc(/C=C\c2c(C(=O)O)nn(-c3ccc(F)cc3)c(=O)c2C#N)cc1. The van der Waals surface area contributed by atoms with E-state index in [-0.39, 0.29) is 16.8 Å².